The first-order valence-electron chi connectivity index (χ1n) is 13.3. The van der Waals surface area contributed by atoms with Crippen LogP contribution in [-0.4, -0.2) is 29.6 Å². The molecule has 0 saturated heterocycles. The van der Waals surface area contributed by atoms with Gasteiger partial charge in [-0.05, 0) is 63.1 Å². The molecule has 11 heteroatoms. The van der Waals surface area contributed by atoms with Crippen molar-refractivity contribution < 1.29 is 28.2 Å². The molecular formula is C31H34Cl2FN3O5. The minimum absolute atomic E-state index is 0.110. The molecule has 0 aliphatic heterocycles. The normalized spacial score (nSPS) is 12.6. The number of rotatable bonds is 11. The number of hydrogen-bond acceptors (Lipinski definition) is 6. The minimum atomic E-state index is -1.29. The Kier molecular flexibility index (Phi) is 11.7. The molecule has 0 aromatic heterocycles. The predicted molar refractivity (Wildman–Crippen MR) is 160 cm³/mol. The van der Waals surface area contributed by atoms with E-state index in [2.05, 4.69) is 16.0 Å². The number of carbonyl (C=O) groups is 3. The van der Waals surface area contributed by atoms with Gasteiger partial charge in [-0.25, -0.2) is 9.18 Å². The van der Waals surface area contributed by atoms with Crippen LogP contribution in [0.25, 0.3) is 0 Å². The molecule has 224 valence electrons. The molecule has 3 aromatic rings. The molecule has 0 saturated carbocycles. The van der Waals surface area contributed by atoms with Crippen molar-refractivity contribution in [3.63, 3.8) is 0 Å². The average molecular weight is 619 g/mol. The summed E-state index contributed by atoms with van der Waals surface area (Å²) in [5, 5.41) is 7.05. The molecule has 0 fully saturated rings. The summed E-state index contributed by atoms with van der Waals surface area (Å²) >= 11 is 12.7. The standard InChI is InChI=1S/C31H34Cl2FN3O5/c1-5-25(35-18-20-10-6-7-12-24(20)34)28(38)37-29(39)27(33)23-14-13-21(32)16-26(23)41-22-11-8-9-19(15-22)17-36-30(40)42-31(2,3)4/h6-16,25,27,35H,5,17-18H2,1-4H3,(H,36,40)(H,37,38,39). The van der Waals surface area contributed by atoms with Gasteiger partial charge in [-0.15, -0.1) is 11.6 Å². The van der Waals surface area contributed by atoms with Gasteiger partial charge < -0.3 is 20.1 Å². The third-order valence-corrected chi connectivity index (χ3v) is 6.58. The summed E-state index contributed by atoms with van der Waals surface area (Å²) in [6.45, 7) is 7.40. The van der Waals surface area contributed by atoms with Crippen molar-refractivity contribution in [2.24, 2.45) is 0 Å². The lowest BCUT2D eigenvalue weighted by Gasteiger charge is -2.20. The molecule has 3 N–H and O–H groups in total. The maximum Gasteiger partial charge on any atom is 0.407 e. The zero-order valence-corrected chi connectivity index (χ0v) is 25.3. The highest BCUT2D eigenvalue weighted by Crippen LogP contribution is 2.35. The van der Waals surface area contributed by atoms with Crippen LogP contribution in [0.2, 0.25) is 5.02 Å². The summed E-state index contributed by atoms with van der Waals surface area (Å²) in [6, 6.07) is 17.0. The molecule has 0 aliphatic rings. The number of carbonyl (C=O) groups excluding carboxylic acids is 3. The first-order valence-corrected chi connectivity index (χ1v) is 14.2. The predicted octanol–water partition coefficient (Wildman–Crippen LogP) is 6.79. The lowest BCUT2D eigenvalue weighted by Crippen LogP contribution is -2.46. The fourth-order valence-electron chi connectivity index (χ4n) is 3.85. The quantitative estimate of drug-likeness (QED) is 0.205. The highest BCUT2D eigenvalue weighted by Gasteiger charge is 2.27. The van der Waals surface area contributed by atoms with Gasteiger partial charge in [0.1, 0.15) is 28.3 Å². The van der Waals surface area contributed by atoms with Crippen molar-refractivity contribution in [1.29, 1.82) is 0 Å². The van der Waals surface area contributed by atoms with E-state index in [1.165, 1.54) is 12.1 Å². The number of imide groups is 1. The van der Waals surface area contributed by atoms with Crippen molar-refractivity contribution in [3.05, 3.63) is 94.3 Å². The van der Waals surface area contributed by atoms with E-state index < -0.39 is 40.7 Å². The van der Waals surface area contributed by atoms with Gasteiger partial charge in [0.15, 0.2) is 0 Å². The van der Waals surface area contributed by atoms with Crippen LogP contribution >= 0.6 is 23.2 Å². The van der Waals surface area contributed by atoms with E-state index in [1.807, 2.05) is 0 Å². The zero-order valence-electron chi connectivity index (χ0n) is 23.8. The molecule has 3 rings (SSSR count). The van der Waals surface area contributed by atoms with Crippen LogP contribution in [0.3, 0.4) is 0 Å². The first-order chi connectivity index (χ1) is 19.9. The van der Waals surface area contributed by atoms with E-state index in [4.69, 9.17) is 32.7 Å². The summed E-state index contributed by atoms with van der Waals surface area (Å²) < 4.78 is 25.3. The van der Waals surface area contributed by atoms with E-state index in [0.717, 1.165) is 5.56 Å². The van der Waals surface area contributed by atoms with Crippen molar-refractivity contribution in [1.82, 2.24) is 16.0 Å². The van der Waals surface area contributed by atoms with Gasteiger partial charge in [-0.3, -0.25) is 14.9 Å². The molecule has 2 atom stereocenters. The number of benzene rings is 3. The Labute approximate surface area is 254 Å². The topological polar surface area (TPSA) is 106 Å². The Morgan fingerprint density at radius 1 is 0.952 bits per heavy atom. The maximum absolute atomic E-state index is 14.0. The molecule has 0 radical (unpaired) electrons. The second kappa shape index (κ2) is 15.0. The molecule has 0 bridgehead atoms. The van der Waals surface area contributed by atoms with Crippen LogP contribution < -0.4 is 20.7 Å². The molecule has 0 heterocycles. The lowest BCUT2D eigenvalue weighted by atomic mass is 10.1. The second-order valence-corrected chi connectivity index (χ2v) is 11.3. The van der Waals surface area contributed by atoms with E-state index in [0.29, 0.717) is 22.8 Å². The van der Waals surface area contributed by atoms with E-state index in [9.17, 15) is 18.8 Å². The van der Waals surface area contributed by atoms with Crippen LogP contribution in [0.4, 0.5) is 9.18 Å². The number of nitrogens with one attached hydrogen (secondary N) is 3. The van der Waals surface area contributed by atoms with Crippen molar-refractivity contribution >= 4 is 41.1 Å². The zero-order chi connectivity index (χ0) is 30.9. The fraction of sp³-hybridized carbons (Fsp3) is 0.323. The number of alkyl halides is 1. The summed E-state index contributed by atoms with van der Waals surface area (Å²) in [6.07, 6.45) is -0.196. The first kappa shape index (κ1) is 32.8. The highest BCUT2D eigenvalue weighted by molar-refractivity contribution is 6.33. The molecule has 3 amide bonds. The van der Waals surface area contributed by atoms with Gasteiger partial charge in [-0.1, -0.05) is 54.9 Å². The molecule has 0 aliphatic carbocycles. The average Bonchev–Trinajstić information content (AvgIpc) is 2.92. The minimum Gasteiger partial charge on any atom is -0.457 e. The van der Waals surface area contributed by atoms with Gasteiger partial charge >= 0.3 is 6.09 Å². The monoisotopic (exact) mass is 617 g/mol. The van der Waals surface area contributed by atoms with Crippen LogP contribution in [-0.2, 0) is 27.4 Å². The SMILES string of the molecule is CCC(NCc1ccccc1F)C(=O)NC(=O)C(Cl)c1ccc(Cl)cc1Oc1cccc(CNC(=O)OC(C)(C)C)c1. The van der Waals surface area contributed by atoms with Gasteiger partial charge in [0, 0.05) is 29.2 Å². The van der Waals surface area contributed by atoms with Gasteiger partial charge in [0.2, 0.25) is 11.8 Å². The van der Waals surface area contributed by atoms with Crippen LogP contribution in [0, 0.1) is 5.82 Å². The Morgan fingerprint density at radius 3 is 2.38 bits per heavy atom. The number of alkyl carbamates (subject to hydrolysis) is 1. The van der Waals surface area contributed by atoms with E-state index in [1.54, 1.807) is 82.3 Å². The Morgan fingerprint density at radius 2 is 1.69 bits per heavy atom. The molecule has 0 spiro atoms. The van der Waals surface area contributed by atoms with Gasteiger partial charge in [0.25, 0.3) is 0 Å². The highest BCUT2D eigenvalue weighted by atomic mass is 35.5. The molecule has 2 unspecified atom stereocenters. The second-order valence-electron chi connectivity index (χ2n) is 10.4. The van der Waals surface area contributed by atoms with Gasteiger partial charge in [-0.2, -0.15) is 0 Å². The van der Waals surface area contributed by atoms with Crippen molar-refractivity contribution in [2.75, 3.05) is 0 Å². The van der Waals surface area contributed by atoms with Crippen LogP contribution in [0.1, 0.15) is 56.2 Å². The van der Waals surface area contributed by atoms with E-state index in [-0.39, 0.29) is 24.4 Å². The molecule has 8 nitrogen and oxygen atoms in total. The summed E-state index contributed by atoms with van der Waals surface area (Å²) in [7, 11) is 0. The third-order valence-electron chi connectivity index (χ3n) is 5.91. The van der Waals surface area contributed by atoms with Gasteiger partial charge in [0.05, 0.1) is 6.04 Å². The largest absolute Gasteiger partial charge is 0.457 e. The number of ether oxygens (including phenoxy) is 2. The Bertz CT molecular complexity index is 1410. The third kappa shape index (κ3) is 10.0. The van der Waals surface area contributed by atoms with Crippen molar-refractivity contribution in [2.45, 2.75) is 64.2 Å². The number of hydrogen-bond donors (Lipinski definition) is 3. The lowest BCUT2D eigenvalue weighted by molar-refractivity contribution is -0.131. The van der Waals surface area contributed by atoms with Crippen LogP contribution in [0.15, 0.2) is 66.7 Å². The smallest absolute Gasteiger partial charge is 0.407 e. The Hall–Kier alpha value is -3.66. The van der Waals surface area contributed by atoms with E-state index >= 15 is 0 Å². The molecular weight excluding hydrogens is 584 g/mol. The summed E-state index contributed by atoms with van der Waals surface area (Å²) in [5.41, 5.74) is 0.804. The Balaban J connectivity index is 1.67. The van der Waals surface area contributed by atoms with Crippen molar-refractivity contribution in [3.8, 4) is 11.5 Å². The molecule has 42 heavy (non-hydrogen) atoms. The summed E-state index contributed by atoms with van der Waals surface area (Å²) in [4.78, 5) is 37.9. The summed E-state index contributed by atoms with van der Waals surface area (Å²) in [5.74, 6) is -1.11. The van der Waals surface area contributed by atoms with Crippen LogP contribution in [0.5, 0.6) is 11.5 Å². The number of amides is 3. The molecule has 3 aromatic carbocycles. The number of halogens is 3. The fourth-order valence-corrected chi connectivity index (χ4v) is 4.25. The maximum atomic E-state index is 14.0.